The first-order valence-electron chi connectivity index (χ1n) is 6.49. The first kappa shape index (κ1) is 14.7. The predicted molar refractivity (Wildman–Crippen MR) is 77.1 cm³/mol. The zero-order valence-corrected chi connectivity index (χ0v) is 12.1. The molecule has 1 rings (SSSR count). The summed E-state index contributed by atoms with van der Waals surface area (Å²) in [4.78, 5) is 11.0. The number of rotatable bonds is 6. The molecule has 0 saturated heterocycles. The smallest absolute Gasteiger partial charge is 0.134 e. The summed E-state index contributed by atoms with van der Waals surface area (Å²) in [7, 11) is 0. The van der Waals surface area contributed by atoms with Gasteiger partial charge in [-0.3, -0.25) is 0 Å². The molecule has 1 heterocycles. The molecule has 0 spiro atoms. The third-order valence-electron chi connectivity index (χ3n) is 2.64. The van der Waals surface area contributed by atoms with Crippen LogP contribution in [0.5, 0.6) is 0 Å². The summed E-state index contributed by atoms with van der Waals surface area (Å²) >= 11 is 0. The van der Waals surface area contributed by atoms with E-state index in [9.17, 15) is 0 Å². The molecule has 5 nitrogen and oxygen atoms in total. The number of nitrogens with zero attached hydrogens (tertiary/aromatic N) is 3. The SMILES string of the molecule is CCN(CC)c1cc(NCC(C)(C)N)nc(C)n1. The second kappa shape index (κ2) is 6.00. The number of nitrogens with two attached hydrogens (primary N) is 1. The van der Waals surface area contributed by atoms with Gasteiger partial charge in [-0.2, -0.15) is 0 Å². The van der Waals surface area contributed by atoms with Crippen molar-refractivity contribution in [3.8, 4) is 0 Å². The van der Waals surface area contributed by atoms with Crippen molar-refractivity contribution in [2.75, 3.05) is 29.9 Å². The zero-order chi connectivity index (χ0) is 13.8. The highest BCUT2D eigenvalue weighted by Gasteiger charge is 2.12. The van der Waals surface area contributed by atoms with Crippen LogP contribution >= 0.6 is 0 Å². The number of nitrogens with one attached hydrogen (secondary N) is 1. The molecule has 0 amide bonds. The van der Waals surface area contributed by atoms with Crippen LogP contribution in [0.2, 0.25) is 0 Å². The van der Waals surface area contributed by atoms with Gasteiger partial charge in [0.1, 0.15) is 17.5 Å². The minimum atomic E-state index is -0.256. The molecule has 0 fully saturated rings. The van der Waals surface area contributed by atoms with Gasteiger partial charge in [0.25, 0.3) is 0 Å². The van der Waals surface area contributed by atoms with E-state index in [2.05, 4.69) is 34.0 Å². The van der Waals surface area contributed by atoms with Crippen LogP contribution in [-0.4, -0.2) is 35.1 Å². The van der Waals surface area contributed by atoms with Crippen molar-refractivity contribution < 1.29 is 0 Å². The Morgan fingerprint density at radius 1 is 1.28 bits per heavy atom. The fraction of sp³-hybridized carbons (Fsp3) is 0.692. The van der Waals surface area contributed by atoms with Crippen LogP contribution in [0.15, 0.2) is 6.07 Å². The molecule has 3 N–H and O–H groups in total. The lowest BCUT2D eigenvalue weighted by Crippen LogP contribution is -2.39. The van der Waals surface area contributed by atoms with Gasteiger partial charge in [0.2, 0.25) is 0 Å². The Morgan fingerprint density at radius 2 is 1.89 bits per heavy atom. The van der Waals surface area contributed by atoms with Gasteiger partial charge in [-0.1, -0.05) is 0 Å². The number of hydrogen-bond acceptors (Lipinski definition) is 5. The van der Waals surface area contributed by atoms with Crippen LogP contribution in [0, 0.1) is 6.92 Å². The Morgan fingerprint density at radius 3 is 2.39 bits per heavy atom. The molecule has 0 radical (unpaired) electrons. The molecule has 0 aliphatic rings. The van der Waals surface area contributed by atoms with Gasteiger partial charge >= 0.3 is 0 Å². The Balaban J connectivity index is 2.87. The highest BCUT2D eigenvalue weighted by molar-refractivity contribution is 5.49. The van der Waals surface area contributed by atoms with E-state index in [0.29, 0.717) is 6.54 Å². The van der Waals surface area contributed by atoms with Gasteiger partial charge in [0, 0.05) is 31.2 Å². The Kier molecular flexibility index (Phi) is 4.90. The molecule has 0 unspecified atom stereocenters. The van der Waals surface area contributed by atoms with Crippen LogP contribution < -0.4 is 16.0 Å². The second-order valence-electron chi connectivity index (χ2n) is 5.17. The minimum absolute atomic E-state index is 0.256. The van der Waals surface area contributed by atoms with E-state index >= 15 is 0 Å². The third kappa shape index (κ3) is 4.49. The number of hydrogen-bond donors (Lipinski definition) is 2. The molecule has 5 heteroatoms. The van der Waals surface area contributed by atoms with Gasteiger partial charge in [-0.05, 0) is 34.6 Å². The van der Waals surface area contributed by atoms with Crippen LogP contribution in [0.4, 0.5) is 11.6 Å². The van der Waals surface area contributed by atoms with Gasteiger partial charge in [0.05, 0.1) is 0 Å². The van der Waals surface area contributed by atoms with E-state index in [1.54, 1.807) is 0 Å². The Bertz CT molecular complexity index is 379. The summed E-state index contributed by atoms with van der Waals surface area (Å²) in [5.74, 6) is 2.57. The zero-order valence-electron chi connectivity index (χ0n) is 12.1. The van der Waals surface area contributed by atoms with Gasteiger partial charge < -0.3 is 16.0 Å². The van der Waals surface area contributed by atoms with Crippen LogP contribution in [0.25, 0.3) is 0 Å². The summed E-state index contributed by atoms with van der Waals surface area (Å²) in [5.41, 5.74) is 5.70. The molecule has 0 aromatic carbocycles. The van der Waals surface area contributed by atoms with E-state index < -0.39 is 0 Å². The highest BCUT2D eigenvalue weighted by Crippen LogP contribution is 2.16. The maximum Gasteiger partial charge on any atom is 0.134 e. The molecular formula is C13H25N5. The van der Waals surface area contributed by atoms with Crippen molar-refractivity contribution in [2.24, 2.45) is 5.73 Å². The Hall–Kier alpha value is -1.36. The Labute approximate surface area is 110 Å². The summed E-state index contributed by atoms with van der Waals surface area (Å²) in [6, 6.07) is 1.98. The number of aromatic nitrogens is 2. The fourth-order valence-corrected chi connectivity index (χ4v) is 1.67. The predicted octanol–water partition coefficient (Wildman–Crippen LogP) is 1.78. The normalized spacial score (nSPS) is 11.4. The largest absolute Gasteiger partial charge is 0.368 e. The van der Waals surface area contributed by atoms with Gasteiger partial charge in [-0.15, -0.1) is 0 Å². The van der Waals surface area contributed by atoms with Crippen molar-refractivity contribution in [1.82, 2.24) is 9.97 Å². The molecule has 1 aromatic heterocycles. The van der Waals surface area contributed by atoms with Crippen LogP contribution in [0.1, 0.15) is 33.5 Å². The lowest BCUT2D eigenvalue weighted by molar-refractivity contribution is 0.548. The molecule has 102 valence electrons. The summed E-state index contributed by atoms with van der Waals surface area (Å²) in [6.07, 6.45) is 0. The van der Waals surface area contributed by atoms with E-state index in [-0.39, 0.29) is 5.54 Å². The third-order valence-corrected chi connectivity index (χ3v) is 2.64. The highest BCUT2D eigenvalue weighted by atomic mass is 15.2. The average Bonchev–Trinajstić information content (AvgIpc) is 2.26. The molecule has 18 heavy (non-hydrogen) atoms. The molecule has 0 bridgehead atoms. The van der Waals surface area contributed by atoms with Crippen molar-refractivity contribution >= 4 is 11.6 Å². The van der Waals surface area contributed by atoms with Crippen molar-refractivity contribution in [3.63, 3.8) is 0 Å². The maximum absolute atomic E-state index is 5.96. The molecule has 1 aromatic rings. The van der Waals surface area contributed by atoms with Crippen molar-refractivity contribution in [2.45, 2.75) is 40.2 Å². The first-order valence-corrected chi connectivity index (χ1v) is 6.49. The number of aryl methyl sites for hydroxylation is 1. The van der Waals surface area contributed by atoms with Gasteiger partial charge in [0.15, 0.2) is 0 Å². The van der Waals surface area contributed by atoms with Crippen molar-refractivity contribution in [3.05, 3.63) is 11.9 Å². The first-order chi connectivity index (χ1) is 8.35. The topological polar surface area (TPSA) is 67.1 Å². The lowest BCUT2D eigenvalue weighted by Gasteiger charge is -2.22. The monoisotopic (exact) mass is 251 g/mol. The fourth-order valence-electron chi connectivity index (χ4n) is 1.67. The summed E-state index contributed by atoms with van der Waals surface area (Å²) < 4.78 is 0. The number of anilines is 2. The maximum atomic E-state index is 5.96. The van der Waals surface area contributed by atoms with E-state index in [1.807, 2.05) is 26.8 Å². The van der Waals surface area contributed by atoms with Crippen LogP contribution in [0.3, 0.4) is 0 Å². The standard InChI is InChI=1S/C13H25N5/c1-6-18(7-2)12-8-11(16-10(3)17-12)15-9-13(4,5)14/h8H,6-7,9,14H2,1-5H3,(H,15,16,17). The molecule has 0 aliphatic heterocycles. The van der Waals surface area contributed by atoms with Crippen LogP contribution in [-0.2, 0) is 0 Å². The van der Waals surface area contributed by atoms with Crippen molar-refractivity contribution in [1.29, 1.82) is 0 Å². The second-order valence-corrected chi connectivity index (χ2v) is 5.17. The molecule has 0 saturated carbocycles. The molecule has 0 aliphatic carbocycles. The minimum Gasteiger partial charge on any atom is -0.368 e. The molecular weight excluding hydrogens is 226 g/mol. The summed E-state index contributed by atoms with van der Waals surface area (Å²) in [5, 5.41) is 3.27. The lowest BCUT2D eigenvalue weighted by atomic mass is 10.1. The van der Waals surface area contributed by atoms with E-state index in [0.717, 1.165) is 30.5 Å². The quantitative estimate of drug-likeness (QED) is 0.806. The molecule has 0 atom stereocenters. The summed E-state index contributed by atoms with van der Waals surface area (Å²) in [6.45, 7) is 12.7. The van der Waals surface area contributed by atoms with Gasteiger partial charge in [-0.25, -0.2) is 9.97 Å². The average molecular weight is 251 g/mol. The van der Waals surface area contributed by atoms with E-state index in [4.69, 9.17) is 5.73 Å². The van der Waals surface area contributed by atoms with E-state index in [1.165, 1.54) is 0 Å².